The molecule has 4 rings (SSSR count). The van der Waals surface area contributed by atoms with Gasteiger partial charge in [-0.25, -0.2) is 14.3 Å². The summed E-state index contributed by atoms with van der Waals surface area (Å²) in [6.07, 6.45) is 4.49. The lowest BCUT2D eigenvalue weighted by Gasteiger charge is -2.32. The third-order valence-electron chi connectivity index (χ3n) is 5.52. The van der Waals surface area contributed by atoms with Crippen LogP contribution < -0.4 is 11.0 Å². The summed E-state index contributed by atoms with van der Waals surface area (Å²) < 4.78 is 8.39. The number of carbonyl (C=O) groups is 1. The van der Waals surface area contributed by atoms with Crippen molar-refractivity contribution < 1.29 is 9.53 Å². The maximum absolute atomic E-state index is 12.6. The van der Waals surface area contributed by atoms with Gasteiger partial charge < -0.3 is 15.0 Å². The number of likely N-dealkylation sites (tertiary alicyclic amines) is 1. The van der Waals surface area contributed by atoms with E-state index in [4.69, 9.17) is 4.74 Å². The summed E-state index contributed by atoms with van der Waals surface area (Å²) in [7, 11) is 0. The Morgan fingerprint density at radius 2 is 2.11 bits per heavy atom. The second kappa shape index (κ2) is 8.74. The number of amides is 2. The van der Waals surface area contributed by atoms with Crippen LogP contribution in [0.25, 0.3) is 5.65 Å². The van der Waals surface area contributed by atoms with E-state index in [1.807, 2.05) is 23.1 Å². The Bertz CT molecular complexity index is 857. The fraction of sp³-hybridized carbons (Fsp3) is 0.632. The topological polar surface area (TPSA) is 84.1 Å². The second-order valence-electron chi connectivity index (χ2n) is 7.42. The summed E-state index contributed by atoms with van der Waals surface area (Å²) in [6.45, 7) is 6.19. The third kappa shape index (κ3) is 4.20. The van der Waals surface area contributed by atoms with Crippen molar-refractivity contribution in [2.24, 2.45) is 0 Å². The molecule has 152 valence electrons. The van der Waals surface area contributed by atoms with Gasteiger partial charge in [0.1, 0.15) is 0 Å². The quantitative estimate of drug-likeness (QED) is 0.724. The van der Waals surface area contributed by atoms with Gasteiger partial charge in [-0.05, 0) is 31.4 Å². The van der Waals surface area contributed by atoms with Gasteiger partial charge in [0.2, 0.25) is 0 Å². The van der Waals surface area contributed by atoms with Crippen LogP contribution in [-0.2, 0) is 11.3 Å². The highest BCUT2D eigenvalue weighted by molar-refractivity contribution is 5.74. The van der Waals surface area contributed by atoms with E-state index in [1.54, 1.807) is 6.20 Å². The van der Waals surface area contributed by atoms with Crippen molar-refractivity contribution in [1.82, 2.24) is 29.3 Å². The number of morpholine rings is 1. The van der Waals surface area contributed by atoms with E-state index in [0.717, 1.165) is 52.2 Å². The van der Waals surface area contributed by atoms with E-state index in [0.29, 0.717) is 25.2 Å². The molecule has 2 amide bonds. The SMILES string of the molecule is O=C(NCCCn1nc2ccccn2c1=O)N1CCCC1CN1CCOCC1. The fourth-order valence-corrected chi connectivity index (χ4v) is 4.01. The molecule has 28 heavy (non-hydrogen) atoms. The molecule has 9 heteroatoms. The van der Waals surface area contributed by atoms with Gasteiger partial charge >= 0.3 is 11.7 Å². The van der Waals surface area contributed by atoms with Crippen molar-refractivity contribution in [1.29, 1.82) is 0 Å². The van der Waals surface area contributed by atoms with E-state index in [-0.39, 0.29) is 17.8 Å². The first-order chi connectivity index (χ1) is 13.7. The summed E-state index contributed by atoms with van der Waals surface area (Å²) in [5.41, 5.74) is 0.492. The number of urea groups is 1. The van der Waals surface area contributed by atoms with Crippen LogP contribution in [0.1, 0.15) is 19.3 Å². The molecule has 2 aromatic heterocycles. The molecule has 2 aliphatic heterocycles. The number of nitrogens with one attached hydrogen (secondary N) is 1. The number of rotatable bonds is 6. The van der Waals surface area contributed by atoms with Gasteiger partial charge in [-0.15, -0.1) is 5.10 Å². The molecule has 2 aromatic rings. The number of aromatic nitrogens is 3. The number of nitrogens with zero attached hydrogens (tertiary/aromatic N) is 5. The minimum Gasteiger partial charge on any atom is -0.379 e. The lowest BCUT2D eigenvalue weighted by Crippen LogP contribution is -2.49. The molecule has 2 saturated heterocycles. The summed E-state index contributed by atoms with van der Waals surface area (Å²) in [5, 5.41) is 7.32. The lowest BCUT2D eigenvalue weighted by atomic mass is 10.2. The Labute approximate surface area is 163 Å². The first-order valence-electron chi connectivity index (χ1n) is 10.1. The molecular weight excluding hydrogens is 360 g/mol. The third-order valence-corrected chi connectivity index (χ3v) is 5.52. The zero-order valence-electron chi connectivity index (χ0n) is 16.1. The molecule has 2 aliphatic rings. The molecule has 0 bridgehead atoms. The Morgan fingerprint density at radius 1 is 1.25 bits per heavy atom. The van der Waals surface area contributed by atoms with Gasteiger partial charge in [0.25, 0.3) is 0 Å². The fourth-order valence-electron chi connectivity index (χ4n) is 4.01. The van der Waals surface area contributed by atoms with Gasteiger partial charge in [0.05, 0.1) is 13.2 Å². The molecule has 1 N–H and O–H groups in total. The largest absolute Gasteiger partial charge is 0.379 e. The van der Waals surface area contributed by atoms with Crippen LogP contribution in [0.15, 0.2) is 29.2 Å². The molecular formula is C19H28N6O3. The number of aryl methyl sites for hydroxylation is 1. The highest BCUT2D eigenvalue weighted by Gasteiger charge is 2.30. The summed E-state index contributed by atoms with van der Waals surface area (Å²) in [5.74, 6) is 0. The minimum atomic E-state index is -0.146. The Morgan fingerprint density at radius 3 is 2.93 bits per heavy atom. The molecule has 4 heterocycles. The summed E-state index contributed by atoms with van der Waals surface area (Å²) in [4.78, 5) is 29.2. The molecule has 0 aromatic carbocycles. The van der Waals surface area contributed by atoms with Crippen molar-refractivity contribution >= 4 is 11.7 Å². The monoisotopic (exact) mass is 388 g/mol. The average Bonchev–Trinajstić information content (AvgIpc) is 3.31. The number of hydrogen-bond donors (Lipinski definition) is 1. The molecule has 0 radical (unpaired) electrons. The number of ether oxygens (including phenoxy) is 1. The maximum atomic E-state index is 12.6. The summed E-state index contributed by atoms with van der Waals surface area (Å²) in [6, 6.07) is 5.75. The van der Waals surface area contributed by atoms with Crippen molar-refractivity contribution in [2.45, 2.75) is 31.8 Å². The number of carbonyl (C=O) groups excluding carboxylic acids is 1. The van der Waals surface area contributed by atoms with Crippen molar-refractivity contribution in [3.8, 4) is 0 Å². The Balaban J connectivity index is 1.24. The number of fused-ring (bicyclic) bond motifs is 1. The minimum absolute atomic E-state index is 0.00175. The molecule has 0 saturated carbocycles. The number of pyridine rings is 1. The Kier molecular flexibility index (Phi) is 5.92. The molecule has 1 unspecified atom stereocenters. The second-order valence-corrected chi connectivity index (χ2v) is 7.42. The first-order valence-corrected chi connectivity index (χ1v) is 10.1. The van der Waals surface area contributed by atoms with Gasteiger partial charge in [-0.1, -0.05) is 6.07 Å². The van der Waals surface area contributed by atoms with Crippen molar-refractivity contribution in [3.05, 3.63) is 34.9 Å². The van der Waals surface area contributed by atoms with E-state index >= 15 is 0 Å². The van der Waals surface area contributed by atoms with Gasteiger partial charge in [-0.2, -0.15) is 0 Å². The van der Waals surface area contributed by atoms with Gasteiger partial charge in [0.15, 0.2) is 5.65 Å². The lowest BCUT2D eigenvalue weighted by molar-refractivity contribution is 0.0292. The average molecular weight is 388 g/mol. The zero-order chi connectivity index (χ0) is 19.3. The first kappa shape index (κ1) is 18.9. The molecule has 0 aliphatic carbocycles. The molecule has 9 nitrogen and oxygen atoms in total. The number of hydrogen-bond acceptors (Lipinski definition) is 5. The van der Waals surface area contributed by atoms with Crippen LogP contribution >= 0.6 is 0 Å². The molecule has 1 atom stereocenters. The highest BCUT2D eigenvalue weighted by atomic mass is 16.5. The predicted octanol–water partition coefficient (Wildman–Crippen LogP) is 0.392. The maximum Gasteiger partial charge on any atom is 0.350 e. The Hall–Kier alpha value is -2.39. The van der Waals surface area contributed by atoms with Crippen LogP contribution in [0, 0.1) is 0 Å². The summed E-state index contributed by atoms with van der Waals surface area (Å²) >= 11 is 0. The predicted molar refractivity (Wildman–Crippen MR) is 104 cm³/mol. The van der Waals surface area contributed by atoms with Crippen LogP contribution in [0.3, 0.4) is 0 Å². The van der Waals surface area contributed by atoms with E-state index in [2.05, 4.69) is 15.3 Å². The normalized spacial score (nSPS) is 20.7. The van der Waals surface area contributed by atoms with Crippen LogP contribution in [-0.4, -0.2) is 82.0 Å². The van der Waals surface area contributed by atoms with Crippen LogP contribution in [0.2, 0.25) is 0 Å². The zero-order valence-corrected chi connectivity index (χ0v) is 16.1. The van der Waals surface area contributed by atoms with Crippen LogP contribution in [0.4, 0.5) is 4.79 Å². The van der Waals surface area contributed by atoms with Crippen molar-refractivity contribution in [2.75, 3.05) is 45.9 Å². The molecule has 2 fully saturated rings. The molecule has 0 spiro atoms. The van der Waals surface area contributed by atoms with Gasteiger partial charge in [-0.3, -0.25) is 9.30 Å². The standard InChI is InChI=1S/C19H28N6O3/c26-18(23-9-3-5-16(23)15-22-11-13-28-14-12-22)20-7-4-10-25-19(27)24-8-2-1-6-17(24)21-25/h1-2,6,8,16H,3-5,7,9-15H2,(H,20,26). The smallest absolute Gasteiger partial charge is 0.350 e. The highest BCUT2D eigenvalue weighted by Crippen LogP contribution is 2.18. The van der Waals surface area contributed by atoms with E-state index in [1.165, 1.54) is 9.08 Å². The van der Waals surface area contributed by atoms with E-state index < -0.39 is 0 Å². The van der Waals surface area contributed by atoms with Crippen LogP contribution in [0.5, 0.6) is 0 Å². The van der Waals surface area contributed by atoms with Crippen molar-refractivity contribution in [3.63, 3.8) is 0 Å². The van der Waals surface area contributed by atoms with Gasteiger partial charge in [0, 0.05) is 51.5 Å². The van der Waals surface area contributed by atoms with E-state index in [9.17, 15) is 9.59 Å².